The van der Waals surface area contributed by atoms with Crippen molar-refractivity contribution in [1.29, 1.82) is 0 Å². The molecule has 3 fully saturated rings. The van der Waals surface area contributed by atoms with Crippen LogP contribution in [0.4, 0.5) is 0 Å². The summed E-state index contributed by atoms with van der Waals surface area (Å²) in [5.41, 5.74) is 1.49. The average Bonchev–Trinajstić information content (AvgIpc) is 3.04. The first-order chi connectivity index (χ1) is 15.1. The Morgan fingerprint density at radius 3 is 2.74 bits per heavy atom. The van der Waals surface area contributed by atoms with Crippen molar-refractivity contribution in [2.45, 2.75) is 63.3 Å². The topological polar surface area (TPSA) is 97.0 Å². The molecule has 1 aromatic carbocycles. The van der Waals surface area contributed by atoms with Gasteiger partial charge in [0.05, 0.1) is 13.2 Å². The van der Waals surface area contributed by atoms with Crippen LogP contribution in [0.15, 0.2) is 18.2 Å². The van der Waals surface area contributed by atoms with Crippen molar-refractivity contribution in [1.82, 2.24) is 15.5 Å². The lowest BCUT2D eigenvalue weighted by Gasteiger charge is -2.35. The maximum atomic E-state index is 12.9. The first-order valence-corrected chi connectivity index (χ1v) is 11.3. The number of carbonyl (C=O) groups excluding carboxylic acids is 3. The van der Waals surface area contributed by atoms with Gasteiger partial charge in [-0.2, -0.15) is 0 Å². The number of benzene rings is 1. The van der Waals surface area contributed by atoms with Crippen molar-refractivity contribution in [2.24, 2.45) is 5.92 Å². The molecule has 8 heteroatoms. The van der Waals surface area contributed by atoms with Crippen LogP contribution in [0.5, 0.6) is 5.75 Å². The van der Waals surface area contributed by atoms with Crippen molar-refractivity contribution in [3.05, 3.63) is 29.3 Å². The third-order valence-electron chi connectivity index (χ3n) is 6.86. The quantitative estimate of drug-likeness (QED) is 0.666. The van der Waals surface area contributed by atoms with Gasteiger partial charge in [0.25, 0.3) is 5.91 Å². The van der Waals surface area contributed by atoms with Gasteiger partial charge < -0.3 is 19.7 Å². The maximum Gasteiger partial charge on any atom is 0.255 e. The van der Waals surface area contributed by atoms with Crippen LogP contribution >= 0.6 is 0 Å². The molecule has 166 valence electrons. The van der Waals surface area contributed by atoms with Crippen LogP contribution in [0.25, 0.3) is 0 Å². The number of rotatable bonds is 6. The minimum absolute atomic E-state index is 0.108. The lowest BCUT2D eigenvalue weighted by molar-refractivity contribution is -0.136. The van der Waals surface area contributed by atoms with Gasteiger partial charge >= 0.3 is 0 Å². The predicted octanol–water partition coefficient (Wildman–Crippen LogP) is 1.37. The third kappa shape index (κ3) is 4.19. The highest BCUT2D eigenvalue weighted by Gasteiger charge is 2.39. The highest BCUT2D eigenvalue weighted by Crippen LogP contribution is 2.32. The van der Waals surface area contributed by atoms with E-state index in [1.54, 1.807) is 11.0 Å². The number of amides is 3. The van der Waals surface area contributed by atoms with E-state index in [4.69, 9.17) is 9.47 Å². The lowest BCUT2D eigenvalue weighted by Crippen LogP contribution is -2.52. The Kier molecular flexibility index (Phi) is 5.67. The summed E-state index contributed by atoms with van der Waals surface area (Å²) in [6.07, 6.45) is 5.21. The van der Waals surface area contributed by atoms with Gasteiger partial charge in [0.2, 0.25) is 11.8 Å². The SMILES string of the molecule is O=C1CCC(N2Cc3cc(OC4CCCCC4NCC4COC4)ccc3C2=O)C(=O)N1. The van der Waals surface area contributed by atoms with Crippen LogP contribution in [-0.4, -0.2) is 60.6 Å². The van der Waals surface area contributed by atoms with Crippen molar-refractivity contribution in [3.63, 3.8) is 0 Å². The van der Waals surface area contributed by atoms with Crippen molar-refractivity contribution >= 4 is 17.7 Å². The Balaban J connectivity index is 1.25. The van der Waals surface area contributed by atoms with Gasteiger partial charge in [-0.25, -0.2) is 0 Å². The summed E-state index contributed by atoms with van der Waals surface area (Å²) < 4.78 is 11.6. The number of fused-ring (bicyclic) bond motifs is 1. The molecule has 5 rings (SSSR count). The molecule has 3 amide bonds. The number of ether oxygens (including phenoxy) is 2. The fourth-order valence-corrected chi connectivity index (χ4v) is 4.99. The first kappa shape index (κ1) is 20.5. The van der Waals surface area contributed by atoms with E-state index < -0.39 is 6.04 Å². The molecule has 4 aliphatic rings. The van der Waals surface area contributed by atoms with Gasteiger partial charge in [-0.15, -0.1) is 0 Å². The molecule has 8 nitrogen and oxygen atoms in total. The number of nitrogens with zero attached hydrogens (tertiary/aromatic N) is 1. The largest absolute Gasteiger partial charge is 0.489 e. The Bertz CT molecular complexity index is 884. The summed E-state index contributed by atoms with van der Waals surface area (Å²) in [7, 11) is 0. The van der Waals surface area contributed by atoms with E-state index in [1.807, 2.05) is 12.1 Å². The average molecular weight is 428 g/mol. The summed E-state index contributed by atoms with van der Waals surface area (Å²) in [5, 5.41) is 6.01. The predicted molar refractivity (Wildman–Crippen MR) is 111 cm³/mol. The molecule has 0 aromatic heterocycles. The smallest absolute Gasteiger partial charge is 0.255 e. The minimum Gasteiger partial charge on any atom is -0.489 e. The molecule has 0 spiro atoms. The highest BCUT2D eigenvalue weighted by molar-refractivity contribution is 6.05. The zero-order chi connectivity index (χ0) is 21.4. The highest BCUT2D eigenvalue weighted by atomic mass is 16.5. The van der Waals surface area contributed by atoms with Crippen molar-refractivity contribution < 1.29 is 23.9 Å². The molecule has 3 unspecified atom stereocenters. The molecular formula is C23H29N3O5. The summed E-state index contributed by atoms with van der Waals surface area (Å²) in [5.74, 6) is 0.550. The molecule has 1 saturated carbocycles. The number of nitrogens with one attached hydrogen (secondary N) is 2. The monoisotopic (exact) mass is 427 g/mol. The van der Waals surface area contributed by atoms with E-state index in [9.17, 15) is 14.4 Å². The fourth-order valence-electron chi connectivity index (χ4n) is 4.99. The normalized spacial score (nSPS) is 28.8. The van der Waals surface area contributed by atoms with Crippen molar-refractivity contribution in [3.8, 4) is 5.75 Å². The standard InChI is InChI=1S/C23H29N3O5/c27-21-8-7-19(22(28)25-21)26-11-15-9-16(5-6-17(15)23(26)29)31-20-4-2-1-3-18(20)24-10-14-12-30-13-14/h5-6,9,14,18-20,24H,1-4,7-8,10-13H2,(H,25,27,28). The molecule has 0 radical (unpaired) electrons. The van der Waals surface area contributed by atoms with E-state index in [1.165, 1.54) is 6.42 Å². The zero-order valence-corrected chi connectivity index (χ0v) is 17.6. The van der Waals surface area contributed by atoms with Crippen LogP contribution < -0.4 is 15.4 Å². The van der Waals surface area contributed by atoms with E-state index >= 15 is 0 Å². The van der Waals surface area contributed by atoms with E-state index in [-0.39, 0.29) is 30.2 Å². The Morgan fingerprint density at radius 2 is 1.97 bits per heavy atom. The van der Waals surface area contributed by atoms with Crippen LogP contribution in [-0.2, 0) is 20.9 Å². The maximum absolute atomic E-state index is 12.9. The second kappa shape index (κ2) is 8.59. The number of imide groups is 1. The van der Waals surface area contributed by atoms with Crippen LogP contribution in [0, 0.1) is 5.92 Å². The Labute approximate surface area is 181 Å². The Hall–Kier alpha value is -2.45. The van der Waals surface area contributed by atoms with Crippen LogP contribution in [0.3, 0.4) is 0 Å². The summed E-state index contributed by atoms with van der Waals surface area (Å²) in [6, 6.07) is 5.32. The number of piperidine rings is 1. The van der Waals surface area contributed by atoms with Gasteiger partial charge in [0.15, 0.2) is 0 Å². The molecule has 3 atom stereocenters. The molecule has 1 aromatic rings. The second-order valence-corrected chi connectivity index (χ2v) is 9.08. The van der Waals surface area contributed by atoms with E-state index in [0.29, 0.717) is 30.5 Å². The summed E-state index contributed by atoms with van der Waals surface area (Å²) in [4.78, 5) is 38.1. The number of hydrogen-bond donors (Lipinski definition) is 2. The molecule has 0 bridgehead atoms. The minimum atomic E-state index is -0.593. The van der Waals surface area contributed by atoms with Gasteiger partial charge in [0.1, 0.15) is 17.9 Å². The van der Waals surface area contributed by atoms with Crippen molar-refractivity contribution in [2.75, 3.05) is 19.8 Å². The van der Waals surface area contributed by atoms with Gasteiger partial charge in [-0.3, -0.25) is 19.7 Å². The number of hydrogen-bond acceptors (Lipinski definition) is 6. The van der Waals surface area contributed by atoms with E-state index in [0.717, 1.165) is 50.3 Å². The first-order valence-electron chi connectivity index (χ1n) is 11.3. The molecule has 3 aliphatic heterocycles. The van der Waals surface area contributed by atoms with Gasteiger partial charge in [0, 0.05) is 37.0 Å². The lowest BCUT2D eigenvalue weighted by atomic mass is 9.91. The second-order valence-electron chi connectivity index (χ2n) is 9.08. The van der Waals surface area contributed by atoms with Gasteiger partial charge in [-0.05, 0) is 49.4 Å². The molecule has 1 aliphatic carbocycles. The molecule has 2 N–H and O–H groups in total. The van der Waals surface area contributed by atoms with Gasteiger partial charge in [-0.1, -0.05) is 6.42 Å². The molecule has 3 heterocycles. The summed E-state index contributed by atoms with van der Waals surface area (Å²) in [6.45, 7) is 3.01. The van der Waals surface area contributed by atoms with Crippen LogP contribution in [0.1, 0.15) is 54.4 Å². The number of carbonyl (C=O) groups is 3. The molecule has 2 saturated heterocycles. The molecule has 31 heavy (non-hydrogen) atoms. The molecular weight excluding hydrogens is 398 g/mol. The zero-order valence-electron chi connectivity index (χ0n) is 17.6. The fraction of sp³-hybridized carbons (Fsp3) is 0.609. The Morgan fingerprint density at radius 1 is 1.13 bits per heavy atom. The van der Waals surface area contributed by atoms with Crippen LogP contribution in [0.2, 0.25) is 0 Å². The van der Waals surface area contributed by atoms with E-state index in [2.05, 4.69) is 10.6 Å². The summed E-state index contributed by atoms with van der Waals surface area (Å²) >= 11 is 0. The third-order valence-corrected chi connectivity index (χ3v) is 6.86.